The zero-order valence-corrected chi connectivity index (χ0v) is 19.9. The van der Waals surface area contributed by atoms with Crippen LogP contribution in [0.25, 0.3) is 0 Å². The van der Waals surface area contributed by atoms with E-state index >= 15 is 0 Å². The molecule has 0 heterocycles. The summed E-state index contributed by atoms with van der Waals surface area (Å²) < 4.78 is 25.9. The Morgan fingerprint density at radius 1 is 1.24 bits per heavy atom. The molecule has 0 spiro atoms. The number of hydrogen-bond donors (Lipinski definition) is 2. The first-order chi connectivity index (χ1) is 11.5. The van der Waals surface area contributed by atoms with Gasteiger partial charge in [0.1, 0.15) is 0 Å². The monoisotopic (exact) mass is 506 g/mol. The summed E-state index contributed by atoms with van der Waals surface area (Å²) in [7, 11) is -1.46. The topological polar surface area (TPSA) is 73.8 Å². The summed E-state index contributed by atoms with van der Waals surface area (Å²) in [6, 6.07) is 0.424. The number of nitrogens with one attached hydrogen (secondary N) is 2. The van der Waals surface area contributed by atoms with Crippen molar-refractivity contribution in [2.45, 2.75) is 57.7 Å². The SMILES string of the molecule is CCSC1CCCC(NC(=NC)NCCS(=O)(=O)N(CC)CC)C1.I. The van der Waals surface area contributed by atoms with Crippen molar-refractivity contribution >= 4 is 51.7 Å². The lowest BCUT2D eigenvalue weighted by atomic mass is 9.95. The van der Waals surface area contributed by atoms with E-state index < -0.39 is 10.0 Å². The van der Waals surface area contributed by atoms with E-state index in [-0.39, 0.29) is 29.7 Å². The van der Waals surface area contributed by atoms with Crippen molar-refractivity contribution in [2.24, 2.45) is 4.99 Å². The van der Waals surface area contributed by atoms with Crippen molar-refractivity contribution in [1.29, 1.82) is 0 Å². The third kappa shape index (κ3) is 9.14. The molecular formula is C16H35IN4O2S2. The standard InChI is InChI=1S/C16H34N4O2S2.HI/c1-5-20(6-2)24(21,22)12-11-18-16(17-4)19-14-9-8-10-15(13-14)23-7-3;/h14-15H,5-13H2,1-4H3,(H2,17,18,19);1H. The first kappa shape index (κ1) is 25.3. The molecule has 0 aromatic rings. The Labute approximate surface area is 175 Å². The molecule has 1 rings (SSSR count). The molecule has 0 bridgehead atoms. The van der Waals surface area contributed by atoms with Crippen molar-refractivity contribution < 1.29 is 8.42 Å². The molecule has 2 atom stereocenters. The van der Waals surface area contributed by atoms with Crippen LogP contribution in [0.2, 0.25) is 0 Å². The molecule has 1 aliphatic rings. The van der Waals surface area contributed by atoms with Crippen molar-refractivity contribution in [2.75, 3.05) is 38.2 Å². The number of halogens is 1. The van der Waals surface area contributed by atoms with Gasteiger partial charge in [0, 0.05) is 38.0 Å². The molecule has 0 aromatic carbocycles. The van der Waals surface area contributed by atoms with Crippen LogP contribution >= 0.6 is 35.7 Å². The minimum absolute atomic E-state index is 0. The number of thioether (sulfide) groups is 1. The number of nitrogens with zero attached hydrogens (tertiary/aromatic N) is 2. The third-order valence-corrected chi connectivity index (χ3v) is 7.60. The van der Waals surface area contributed by atoms with Crippen LogP contribution in [0.4, 0.5) is 0 Å². The number of sulfonamides is 1. The molecule has 6 nitrogen and oxygen atoms in total. The van der Waals surface area contributed by atoms with E-state index in [4.69, 9.17) is 0 Å². The fourth-order valence-corrected chi connectivity index (χ4v) is 5.67. The first-order valence-electron chi connectivity index (χ1n) is 9.03. The van der Waals surface area contributed by atoms with Gasteiger partial charge in [-0.1, -0.05) is 27.2 Å². The number of guanidine groups is 1. The quantitative estimate of drug-likeness (QED) is 0.286. The smallest absolute Gasteiger partial charge is 0.215 e. The number of hydrogen-bond acceptors (Lipinski definition) is 4. The highest BCUT2D eigenvalue weighted by atomic mass is 127. The van der Waals surface area contributed by atoms with E-state index in [1.807, 2.05) is 25.6 Å². The van der Waals surface area contributed by atoms with Crippen LogP contribution in [0, 0.1) is 0 Å². The van der Waals surface area contributed by atoms with E-state index in [0.717, 1.165) is 23.8 Å². The van der Waals surface area contributed by atoms with Crippen LogP contribution in [0.15, 0.2) is 4.99 Å². The second kappa shape index (κ2) is 13.4. The van der Waals surface area contributed by atoms with Crippen molar-refractivity contribution in [3.05, 3.63) is 0 Å². The van der Waals surface area contributed by atoms with Gasteiger partial charge >= 0.3 is 0 Å². The van der Waals surface area contributed by atoms with Crippen LogP contribution in [-0.2, 0) is 10.0 Å². The Morgan fingerprint density at radius 3 is 2.48 bits per heavy atom. The molecule has 0 aliphatic heterocycles. The lowest BCUT2D eigenvalue weighted by Crippen LogP contribution is -2.47. The average molecular weight is 507 g/mol. The van der Waals surface area contributed by atoms with Gasteiger partial charge in [-0.25, -0.2) is 12.7 Å². The summed E-state index contributed by atoms with van der Waals surface area (Å²) >= 11 is 2.03. The molecule has 9 heteroatoms. The lowest BCUT2D eigenvalue weighted by molar-refractivity contribution is 0.419. The van der Waals surface area contributed by atoms with Gasteiger partial charge in [0.25, 0.3) is 0 Å². The fourth-order valence-electron chi connectivity index (χ4n) is 3.10. The van der Waals surface area contributed by atoms with Gasteiger partial charge < -0.3 is 10.6 Å². The lowest BCUT2D eigenvalue weighted by Gasteiger charge is -2.30. The normalized spacial score (nSPS) is 21.7. The van der Waals surface area contributed by atoms with E-state index in [1.54, 1.807) is 7.05 Å². The van der Waals surface area contributed by atoms with Gasteiger partial charge in [0.2, 0.25) is 10.0 Å². The zero-order valence-electron chi connectivity index (χ0n) is 16.0. The molecular weight excluding hydrogens is 471 g/mol. The fraction of sp³-hybridized carbons (Fsp3) is 0.938. The second-order valence-electron chi connectivity index (χ2n) is 5.98. The maximum absolute atomic E-state index is 12.2. The van der Waals surface area contributed by atoms with E-state index in [9.17, 15) is 8.42 Å². The minimum Gasteiger partial charge on any atom is -0.355 e. The molecule has 2 N–H and O–H groups in total. The third-order valence-electron chi connectivity index (χ3n) is 4.34. The maximum Gasteiger partial charge on any atom is 0.215 e. The maximum atomic E-state index is 12.2. The highest BCUT2D eigenvalue weighted by Crippen LogP contribution is 2.28. The largest absolute Gasteiger partial charge is 0.355 e. The Hall–Kier alpha value is 0.260. The summed E-state index contributed by atoms with van der Waals surface area (Å²) in [5.74, 6) is 1.96. The molecule has 1 saturated carbocycles. The molecule has 150 valence electrons. The first-order valence-corrected chi connectivity index (χ1v) is 11.7. The molecule has 25 heavy (non-hydrogen) atoms. The number of aliphatic imine (C=N–C) groups is 1. The molecule has 1 aliphatic carbocycles. The predicted molar refractivity (Wildman–Crippen MR) is 121 cm³/mol. The van der Waals surface area contributed by atoms with Crippen molar-refractivity contribution in [3.63, 3.8) is 0 Å². The predicted octanol–water partition coefficient (Wildman–Crippen LogP) is 2.51. The van der Waals surface area contributed by atoms with Gasteiger partial charge in [-0.15, -0.1) is 24.0 Å². The Kier molecular flexibility index (Phi) is 13.6. The summed E-state index contributed by atoms with van der Waals surface area (Å²) in [6.07, 6.45) is 4.84. The zero-order chi connectivity index (χ0) is 18.0. The second-order valence-corrected chi connectivity index (χ2v) is 9.65. The number of rotatable bonds is 9. The van der Waals surface area contributed by atoms with Crippen LogP contribution in [0.5, 0.6) is 0 Å². The van der Waals surface area contributed by atoms with Crippen molar-refractivity contribution in [1.82, 2.24) is 14.9 Å². The molecule has 0 amide bonds. The highest BCUT2D eigenvalue weighted by molar-refractivity contribution is 14.0. The molecule has 1 fully saturated rings. The summed E-state index contributed by atoms with van der Waals surface area (Å²) in [5.41, 5.74) is 0. The summed E-state index contributed by atoms with van der Waals surface area (Å²) in [5, 5.41) is 7.33. The van der Waals surface area contributed by atoms with Crippen LogP contribution in [-0.4, -0.2) is 68.2 Å². The molecule has 0 radical (unpaired) electrons. The van der Waals surface area contributed by atoms with Gasteiger partial charge in [0.15, 0.2) is 5.96 Å². The summed E-state index contributed by atoms with van der Waals surface area (Å²) in [4.78, 5) is 4.24. The van der Waals surface area contributed by atoms with E-state index in [2.05, 4.69) is 22.5 Å². The molecule has 0 aromatic heterocycles. The molecule has 0 saturated heterocycles. The van der Waals surface area contributed by atoms with E-state index in [0.29, 0.717) is 31.6 Å². The summed E-state index contributed by atoms with van der Waals surface area (Å²) in [6.45, 7) is 7.34. The van der Waals surface area contributed by atoms with Crippen molar-refractivity contribution in [3.8, 4) is 0 Å². The Bertz CT molecular complexity index is 483. The van der Waals surface area contributed by atoms with Crippen LogP contribution < -0.4 is 10.6 Å². The van der Waals surface area contributed by atoms with Gasteiger partial charge in [-0.2, -0.15) is 11.8 Å². The van der Waals surface area contributed by atoms with Gasteiger partial charge in [-0.3, -0.25) is 4.99 Å². The van der Waals surface area contributed by atoms with E-state index in [1.165, 1.54) is 17.1 Å². The Balaban J connectivity index is 0.00000576. The van der Waals surface area contributed by atoms with Crippen LogP contribution in [0.1, 0.15) is 46.5 Å². The van der Waals surface area contributed by atoms with Crippen LogP contribution in [0.3, 0.4) is 0 Å². The van der Waals surface area contributed by atoms with Gasteiger partial charge in [-0.05, 0) is 25.0 Å². The Morgan fingerprint density at radius 2 is 1.92 bits per heavy atom. The molecule has 2 unspecified atom stereocenters. The highest BCUT2D eigenvalue weighted by Gasteiger charge is 2.23. The average Bonchev–Trinajstić information content (AvgIpc) is 2.55. The van der Waals surface area contributed by atoms with Gasteiger partial charge in [0.05, 0.1) is 5.75 Å². The minimum atomic E-state index is -3.19.